The molecule has 0 fully saturated rings. The van der Waals surface area contributed by atoms with Gasteiger partial charge >= 0.3 is 0 Å². The lowest BCUT2D eigenvalue weighted by molar-refractivity contribution is 0.270. The van der Waals surface area contributed by atoms with Crippen LogP contribution in [0.1, 0.15) is 11.1 Å². The van der Waals surface area contributed by atoms with E-state index < -0.39 is 0 Å². The number of methoxy groups -OCH3 is 1. The minimum absolute atomic E-state index is 0.0591. The Morgan fingerprint density at radius 2 is 2.00 bits per heavy atom. The molecule has 2 aromatic heterocycles. The first-order chi connectivity index (χ1) is 11.8. The first-order valence-corrected chi connectivity index (χ1v) is 8.10. The van der Waals surface area contributed by atoms with Crippen molar-refractivity contribution in [3.8, 4) is 28.3 Å². The van der Waals surface area contributed by atoms with E-state index in [1.165, 1.54) is 11.1 Å². The monoisotopic (exact) mass is 321 g/mol. The molecule has 0 saturated heterocycles. The molecule has 0 radical (unpaired) electrons. The van der Waals surface area contributed by atoms with Crippen LogP contribution in [0.3, 0.4) is 0 Å². The van der Waals surface area contributed by atoms with E-state index >= 15 is 0 Å². The van der Waals surface area contributed by atoms with Crippen LogP contribution in [0.4, 0.5) is 0 Å². The summed E-state index contributed by atoms with van der Waals surface area (Å²) in [6, 6.07) is 10.2. The number of fused-ring (bicyclic) bond motifs is 3. The number of aromatic nitrogens is 3. The summed E-state index contributed by atoms with van der Waals surface area (Å²) < 4.78 is 7.29. The number of benzene rings is 1. The standard InChI is InChI=1S/C19H19N3O2/c1-24-15-4-2-13-3-5-16-18(17(13)12-15)21-22(10-11-23)19(16)14-6-8-20-9-7-14/h2,4,6-9,12,23H,3,5,10-11H2,1H3. The van der Waals surface area contributed by atoms with Gasteiger partial charge in [0.15, 0.2) is 0 Å². The van der Waals surface area contributed by atoms with E-state index in [-0.39, 0.29) is 6.61 Å². The van der Waals surface area contributed by atoms with Crippen LogP contribution in [0.25, 0.3) is 22.5 Å². The number of rotatable bonds is 4. The molecular weight excluding hydrogens is 302 g/mol. The van der Waals surface area contributed by atoms with E-state index in [0.29, 0.717) is 6.54 Å². The van der Waals surface area contributed by atoms with Gasteiger partial charge < -0.3 is 9.84 Å². The van der Waals surface area contributed by atoms with E-state index in [1.54, 1.807) is 19.5 Å². The van der Waals surface area contributed by atoms with Crippen molar-refractivity contribution in [1.29, 1.82) is 0 Å². The third kappa shape index (κ3) is 2.37. The molecule has 3 aromatic rings. The van der Waals surface area contributed by atoms with Crippen LogP contribution in [0.15, 0.2) is 42.7 Å². The largest absolute Gasteiger partial charge is 0.497 e. The van der Waals surface area contributed by atoms with Crippen molar-refractivity contribution in [3.63, 3.8) is 0 Å². The highest BCUT2D eigenvalue weighted by Gasteiger charge is 2.25. The molecule has 1 aliphatic rings. The average molecular weight is 321 g/mol. The van der Waals surface area contributed by atoms with Crippen molar-refractivity contribution >= 4 is 0 Å². The maximum Gasteiger partial charge on any atom is 0.119 e. The van der Waals surface area contributed by atoms with Crippen LogP contribution >= 0.6 is 0 Å². The summed E-state index contributed by atoms with van der Waals surface area (Å²) in [5.74, 6) is 0.837. The molecule has 0 unspecified atom stereocenters. The van der Waals surface area contributed by atoms with Gasteiger partial charge in [0.2, 0.25) is 0 Å². The number of hydrogen-bond acceptors (Lipinski definition) is 4. The number of aryl methyl sites for hydroxylation is 1. The van der Waals surface area contributed by atoms with Crippen LogP contribution in [-0.4, -0.2) is 33.6 Å². The number of nitrogens with zero attached hydrogens (tertiary/aromatic N) is 3. The Labute approximate surface area is 140 Å². The number of aliphatic hydroxyl groups excluding tert-OH is 1. The molecular formula is C19H19N3O2. The van der Waals surface area contributed by atoms with Crippen molar-refractivity contribution in [2.24, 2.45) is 0 Å². The molecule has 1 aromatic carbocycles. The van der Waals surface area contributed by atoms with Gasteiger partial charge in [0.05, 0.1) is 31.6 Å². The summed E-state index contributed by atoms with van der Waals surface area (Å²) >= 11 is 0. The van der Waals surface area contributed by atoms with Gasteiger partial charge in [-0.05, 0) is 42.7 Å². The molecule has 1 aliphatic carbocycles. The van der Waals surface area contributed by atoms with Crippen molar-refractivity contribution in [3.05, 3.63) is 53.9 Å². The van der Waals surface area contributed by atoms with Crippen LogP contribution in [0.5, 0.6) is 5.75 Å². The summed E-state index contributed by atoms with van der Waals surface area (Å²) in [5.41, 5.74) is 6.81. The van der Waals surface area contributed by atoms with E-state index in [9.17, 15) is 5.11 Å². The van der Waals surface area contributed by atoms with E-state index in [0.717, 1.165) is 41.1 Å². The lowest BCUT2D eigenvalue weighted by Crippen LogP contribution is -2.06. The molecule has 0 saturated carbocycles. The summed E-state index contributed by atoms with van der Waals surface area (Å²) in [6.07, 6.45) is 5.50. The van der Waals surface area contributed by atoms with Crippen LogP contribution in [-0.2, 0) is 19.4 Å². The van der Waals surface area contributed by atoms with Crippen molar-refractivity contribution in [1.82, 2.24) is 14.8 Å². The SMILES string of the molecule is COc1ccc2c(c1)-c1nn(CCO)c(-c3ccncc3)c1CC2. The van der Waals surface area contributed by atoms with Gasteiger partial charge in [0.1, 0.15) is 5.75 Å². The second kappa shape index (κ2) is 6.09. The number of hydrogen-bond donors (Lipinski definition) is 1. The molecule has 0 amide bonds. The zero-order valence-electron chi connectivity index (χ0n) is 13.6. The first kappa shape index (κ1) is 14.9. The maximum atomic E-state index is 9.44. The first-order valence-electron chi connectivity index (χ1n) is 8.10. The molecule has 122 valence electrons. The fourth-order valence-electron chi connectivity index (χ4n) is 3.42. The predicted octanol–water partition coefficient (Wildman–Crippen LogP) is 2.71. The van der Waals surface area contributed by atoms with Gasteiger partial charge in [0.25, 0.3) is 0 Å². The third-order valence-corrected chi connectivity index (χ3v) is 4.53. The van der Waals surface area contributed by atoms with Crippen LogP contribution < -0.4 is 4.74 Å². The Bertz CT molecular complexity index is 872. The van der Waals surface area contributed by atoms with E-state index in [2.05, 4.69) is 17.1 Å². The molecule has 1 N–H and O–H groups in total. The lowest BCUT2D eigenvalue weighted by Gasteiger charge is -2.17. The lowest BCUT2D eigenvalue weighted by atomic mass is 9.88. The highest BCUT2D eigenvalue weighted by Crippen LogP contribution is 2.39. The minimum atomic E-state index is 0.0591. The molecule has 0 atom stereocenters. The third-order valence-electron chi connectivity index (χ3n) is 4.53. The van der Waals surface area contributed by atoms with Crippen LogP contribution in [0.2, 0.25) is 0 Å². The molecule has 0 aliphatic heterocycles. The quantitative estimate of drug-likeness (QED) is 0.802. The zero-order chi connectivity index (χ0) is 16.5. The van der Waals surface area contributed by atoms with E-state index in [4.69, 9.17) is 9.84 Å². The Balaban J connectivity index is 1.93. The second-order valence-electron chi connectivity index (χ2n) is 5.88. The molecule has 0 spiro atoms. The Morgan fingerprint density at radius 1 is 1.17 bits per heavy atom. The topological polar surface area (TPSA) is 60.2 Å². The Morgan fingerprint density at radius 3 is 2.75 bits per heavy atom. The summed E-state index contributed by atoms with van der Waals surface area (Å²) in [6.45, 7) is 0.535. The normalized spacial score (nSPS) is 12.6. The Kier molecular flexibility index (Phi) is 3.78. The maximum absolute atomic E-state index is 9.44. The number of pyridine rings is 1. The van der Waals surface area contributed by atoms with Crippen molar-refractivity contribution in [2.75, 3.05) is 13.7 Å². The van der Waals surface area contributed by atoms with Crippen LogP contribution in [0, 0.1) is 0 Å². The van der Waals surface area contributed by atoms with Gasteiger partial charge in [-0.2, -0.15) is 5.10 Å². The van der Waals surface area contributed by atoms with Gasteiger partial charge in [-0.15, -0.1) is 0 Å². The van der Waals surface area contributed by atoms with Gasteiger partial charge in [-0.25, -0.2) is 0 Å². The average Bonchev–Trinajstić information content (AvgIpc) is 3.01. The fraction of sp³-hybridized carbons (Fsp3) is 0.263. The van der Waals surface area contributed by atoms with Crippen molar-refractivity contribution in [2.45, 2.75) is 19.4 Å². The highest BCUT2D eigenvalue weighted by molar-refractivity contribution is 5.78. The Hall–Kier alpha value is -2.66. The van der Waals surface area contributed by atoms with E-state index in [1.807, 2.05) is 22.9 Å². The molecule has 4 rings (SSSR count). The molecule has 0 bridgehead atoms. The summed E-state index contributed by atoms with van der Waals surface area (Å²) in [4.78, 5) is 4.11. The van der Waals surface area contributed by atoms with Crippen molar-refractivity contribution < 1.29 is 9.84 Å². The number of ether oxygens (including phenoxy) is 1. The summed E-state index contributed by atoms with van der Waals surface area (Å²) in [7, 11) is 1.68. The van der Waals surface area contributed by atoms with Gasteiger partial charge in [0, 0.05) is 29.1 Å². The second-order valence-corrected chi connectivity index (χ2v) is 5.88. The predicted molar refractivity (Wildman–Crippen MR) is 91.9 cm³/mol. The zero-order valence-corrected chi connectivity index (χ0v) is 13.6. The number of aliphatic hydroxyl groups is 1. The fourth-order valence-corrected chi connectivity index (χ4v) is 3.42. The molecule has 5 heteroatoms. The molecule has 24 heavy (non-hydrogen) atoms. The highest BCUT2D eigenvalue weighted by atomic mass is 16.5. The molecule has 5 nitrogen and oxygen atoms in total. The smallest absolute Gasteiger partial charge is 0.119 e. The van der Waals surface area contributed by atoms with Gasteiger partial charge in [-0.1, -0.05) is 6.07 Å². The summed E-state index contributed by atoms with van der Waals surface area (Å²) in [5, 5.41) is 14.3. The minimum Gasteiger partial charge on any atom is -0.497 e. The van der Waals surface area contributed by atoms with Gasteiger partial charge in [-0.3, -0.25) is 9.67 Å². The molecule has 2 heterocycles.